The number of hydrogen-bond donors (Lipinski definition) is 0. The van der Waals surface area contributed by atoms with Crippen LogP contribution in [-0.2, 0) is 19.7 Å². The van der Waals surface area contributed by atoms with Crippen LogP contribution in [0, 0.1) is 0 Å². The average Bonchev–Trinajstić information content (AvgIpc) is 2.48. The maximum Gasteiger partial charge on any atom is 0.186 e. The van der Waals surface area contributed by atoms with E-state index >= 15 is 0 Å². The molecular formula is C18H22O4S2. The molecule has 0 aromatic rings. The van der Waals surface area contributed by atoms with E-state index in [9.17, 15) is 16.8 Å². The van der Waals surface area contributed by atoms with Crippen molar-refractivity contribution in [3.8, 4) is 0 Å². The summed E-state index contributed by atoms with van der Waals surface area (Å²) in [6, 6.07) is 0. The molecule has 0 saturated carbocycles. The molecule has 0 bridgehead atoms. The summed E-state index contributed by atoms with van der Waals surface area (Å²) in [5.41, 5.74) is 1.10. The van der Waals surface area contributed by atoms with E-state index in [1.165, 1.54) is 30.4 Å². The Morgan fingerprint density at radius 2 is 1.25 bits per heavy atom. The molecular weight excluding hydrogens is 344 g/mol. The summed E-state index contributed by atoms with van der Waals surface area (Å²) in [6.45, 7) is 12.3. The highest BCUT2D eigenvalue weighted by Crippen LogP contribution is 2.08. The second kappa shape index (κ2) is 10.6. The van der Waals surface area contributed by atoms with Gasteiger partial charge in [0.25, 0.3) is 0 Å². The first-order chi connectivity index (χ1) is 11.2. The molecule has 4 nitrogen and oxygen atoms in total. The van der Waals surface area contributed by atoms with Crippen LogP contribution in [0.1, 0.15) is 6.92 Å². The zero-order chi connectivity index (χ0) is 18.6. The van der Waals surface area contributed by atoms with Gasteiger partial charge in [-0.3, -0.25) is 0 Å². The maximum atomic E-state index is 12.0. The Balaban J connectivity index is 5.35. The maximum absolute atomic E-state index is 12.0. The highest BCUT2D eigenvalue weighted by atomic mass is 32.3. The Kier molecular flexibility index (Phi) is 9.61. The third-order valence-electron chi connectivity index (χ3n) is 2.48. The van der Waals surface area contributed by atoms with E-state index in [1.54, 1.807) is 31.2 Å². The molecule has 0 aromatic carbocycles. The highest BCUT2D eigenvalue weighted by Gasteiger charge is 2.17. The molecule has 0 radical (unpaired) electrons. The van der Waals surface area contributed by atoms with Gasteiger partial charge >= 0.3 is 0 Å². The Bertz CT molecular complexity index is 816. The standard InChI is InChI=1S/C18H22O4S2/c1-5-9-17(8-4)12-14-23(19,20)16-24(21,22)15-13-18(10-6-2)11-7-3/h5-15H,1-2,4,16H2,3H3/b11-7-,14-12+,15-13+,17-9+,18-10+. The van der Waals surface area contributed by atoms with Crippen molar-refractivity contribution < 1.29 is 16.8 Å². The van der Waals surface area contributed by atoms with E-state index < -0.39 is 24.8 Å². The van der Waals surface area contributed by atoms with Crippen LogP contribution >= 0.6 is 0 Å². The predicted octanol–water partition coefficient (Wildman–Crippen LogP) is 3.79. The highest BCUT2D eigenvalue weighted by molar-refractivity contribution is 8.10. The van der Waals surface area contributed by atoms with Gasteiger partial charge in [0.1, 0.15) is 0 Å². The molecule has 0 rings (SSSR count). The van der Waals surface area contributed by atoms with E-state index in [-0.39, 0.29) is 0 Å². The molecule has 0 fully saturated rings. The molecule has 0 aliphatic carbocycles. The molecule has 0 atom stereocenters. The van der Waals surface area contributed by atoms with E-state index in [4.69, 9.17) is 0 Å². The van der Waals surface area contributed by atoms with Crippen LogP contribution in [0.2, 0.25) is 0 Å². The van der Waals surface area contributed by atoms with Crippen molar-refractivity contribution in [2.75, 3.05) is 5.08 Å². The summed E-state index contributed by atoms with van der Waals surface area (Å²) in [5, 5.41) is 0.715. The SMILES string of the molecule is C=C/C=C(C=C)/C=C/S(=O)(=O)CS(=O)(=O)/C=C/C(/C=C\C)=C/C=C. The summed E-state index contributed by atoms with van der Waals surface area (Å²) in [7, 11) is -7.87. The lowest BCUT2D eigenvalue weighted by Gasteiger charge is -1.99. The molecule has 0 heterocycles. The molecule has 0 amide bonds. The van der Waals surface area contributed by atoms with Crippen molar-refractivity contribution in [2.24, 2.45) is 0 Å². The normalized spacial score (nSPS) is 14.5. The van der Waals surface area contributed by atoms with Crippen molar-refractivity contribution in [2.45, 2.75) is 6.92 Å². The lowest BCUT2D eigenvalue weighted by atomic mass is 10.2. The fraction of sp³-hybridized carbons (Fsp3) is 0.111. The monoisotopic (exact) mass is 366 g/mol. The number of hydrogen-bond acceptors (Lipinski definition) is 4. The third-order valence-corrected chi connectivity index (χ3v) is 6.21. The molecule has 0 unspecified atom stereocenters. The number of sulfone groups is 2. The van der Waals surface area contributed by atoms with Crippen LogP contribution in [0.5, 0.6) is 0 Å². The fourth-order valence-corrected chi connectivity index (χ4v) is 4.68. The van der Waals surface area contributed by atoms with Gasteiger partial charge in [-0.25, -0.2) is 16.8 Å². The van der Waals surface area contributed by atoms with E-state index in [2.05, 4.69) is 19.7 Å². The van der Waals surface area contributed by atoms with Gasteiger partial charge < -0.3 is 0 Å². The molecule has 0 aromatic heterocycles. The molecule has 0 spiro atoms. The first-order valence-corrected chi connectivity index (χ1v) is 10.3. The first kappa shape index (κ1) is 21.8. The zero-order valence-electron chi connectivity index (χ0n) is 13.6. The smallest absolute Gasteiger partial charge is 0.186 e. The van der Waals surface area contributed by atoms with Gasteiger partial charge in [0, 0.05) is 10.8 Å². The molecule has 0 aliphatic heterocycles. The third kappa shape index (κ3) is 9.76. The average molecular weight is 367 g/mol. The Morgan fingerprint density at radius 3 is 1.67 bits per heavy atom. The van der Waals surface area contributed by atoms with Crippen LogP contribution in [0.25, 0.3) is 0 Å². The van der Waals surface area contributed by atoms with Gasteiger partial charge in [-0.15, -0.1) is 0 Å². The van der Waals surface area contributed by atoms with Crippen LogP contribution in [-0.4, -0.2) is 21.9 Å². The van der Waals surface area contributed by atoms with Gasteiger partial charge in [0.15, 0.2) is 24.8 Å². The topological polar surface area (TPSA) is 68.3 Å². The molecule has 0 N–H and O–H groups in total. The van der Waals surface area contributed by atoms with E-state index in [0.29, 0.717) is 11.1 Å². The van der Waals surface area contributed by atoms with Crippen molar-refractivity contribution >= 4 is 19.7 Å². The number of allylic oxidation sites excluding steroid dienone is 11. The second-order valence-electron chi connectivity index (χ2n) is 4.56. The summed E-state index contributed by atoms with van der Waals surface area (Å²) in [6.07, 6.45) is 13.6. The summed E-state index contributed by atoms with van der Waals surface area (Å²) in [5.74, 6) is 0. The summed E-state index contributed by atoms with van der Waals surface area (Å²) < 4.78 is 47.8. The molecule has 24 heavy (non-hydrogen) atoms. The Labute approximate surface area is 145 Å². The lowest BCUT2D eigenvalue weighted by molar-refractivity contribution is 0.598. The van der Waals surface area contributed by atoms with Crippen LogP contribution in [0.4, 0.5) is 0 Å². The number of rotatable bonds is 10. The summed E-state index contributed by atoms with van der Waals surface area (Å²) in [4.78, 5) is 0. The second-order valence-corrected chi connectivity index (χ2v) is 8.70. The lowest BCUT2D eigenvalue weighted by Crippen LogP contribution is -2.12. The predicted molar refractivity (Wildman–Crippen MR) is 103 cm³/mol. The quantitative estimate of drug-likeness (QED) is 0.552. The minimum absolute atomic E-state index is 0.505. The van der Waals surface area contributed by atoms with Gasteiger partial charge in [0.2, 0.25) is 0 Å². The van der Waals surface area contributed by atoms with E-state index in [1.807, 2.05) is 0 Å². The van der Waals surface area contributed by atoms with Crippen LogP contribution < -0.4 is 0 Å². The van der Waals surface area contributed by atoms with Gasteiger partial charge in [-0.1, -0.05) is 62.3 Å². The Hall–Kier alpha value is -2.18. The van der Waals surface area contributed by atoms with E-state index in [0.717, 1.165) is 10.8 Å². The largest absolute Gasteiger partial charge is 0.223 e. The zero-order valence-corrected chi connectivity index (χ0v) is 15.3. The van der Waals surface area contributed by atoms with Gasteiger partial charge in [-0.05, 0) is 30.2 Å². The molecule has 6 heteroatoms. The van der Waals surface area contributed by atoms with Crippen LogP contribution in [0.3, 0.4) is 0 Å². The molecule has 130 valence electrons. The minimum Gasteiger partial charge on any atom is -0.223 e. The van der Waals surface area contributed by atoms with Crippen molar-refractivity contribution in [1.82, 2.24) is 0 Å². The minimum atomic E-state index is -3.94. The molecule has 0 aliphatic rings. The van der Waals surface area contributed by atoms with Crippen molar-refractivity contribution in [3.63, 3.8) is 0 Å². The van der Waals surface area contributed by atoms with Crippen LogP contribution in [0.15, 0.2) is 96.4 Å². The summed E-state index contributed by atoms with van der Waals surface area (Å²) >= 11 is 0. The van der Waals surface area contributed by atoms with Gasteiger partial charge in [0.05, 0.1) is 0 Å². The van der Waals surface area contributed by atoms with Gasteiger partial charge in [-0.2, -0.15) is 0 Å². The first-order valence-electron chi connectivity index (χ1n) is 6.92. The van der Waals surface area contributed by atoms with Crippen molar-refractivity contribution in [3.05, 3.63) is 96.4 Å². The Morgan fingerprint density at radius 1 is 0.792 bits per heavy atom. The van der Waals surface area contributed by atoms with Crippen molar-refractivity contribution in [1.29, 1.82) is 0 Å². The molecule has 0 saturated heterocycles. The fourth-order valence-electron chi connectivity index (χ4n) is 1.49.